The Kier molecular flexibility index (Phi) is 6.40. The smallest absolute Gasteiger partial charge is 0.410 e. The van der Waals surface area contributed by atoms with E-state index in [1.807, 2.05) is 54.6 Å². The molecule has 5 rings (SSSR count). The highest BCUT2D eigenvalue weighted by atomic mass is 35.5. The number of hydrogen-bond donors (Lipinski definition) is 1. The van der Waals surface area contributed by atoms with Crippen molar-refractivity contribution >= 4 is 17.7 Å². The molecular formula is C25H22ClN5O3. The largest absolute Gasteiger partial charge is 0.485 e. The summed E-state index contributed by atoms with van der Waals surface area (Å²) in [5.41, 5.74) is 3.87. The van der Waals surface area contributed by atoms with E-state index in [-0.39, 0.29) is 13.2 Å². The molecule has 0 spiro atoms. The van der Waals surface area contributed by atoms with Crippen LogP contribution < -0.4 is 4.74 Å². The Morgan fingerprint density at radius 1 is 1.03 bits per heavy atom. The molecule has 4 aromatic rings. The van der Waals surface area contributed by atoms with E-state index in [0.717, 1.165) is 23.1 Å². The maximum absolute atomic E-state index is 13.3. The molecule has 2 heterocycles. The Labute approximate surface area is 201 Å². The van der Waals surface area contributed by atoms with Crippen LogP contribution in [0.4, 0.5) is 4.79 Å². The average molecular weight is 476 g/mol. The number of ether oxygens (including phenoxy) is 2. The van der Waals surface area contributed by atoms with E-state index < -0.39 is 12.1 Å². The minimum absolute atomic E-state index is 0.123. The zero-order valence-corrected chi connectivity index (χ0v) is 19.0. The second kappa shape index (κ2) is 9.93. The minimum Gasteiger partial charge on any atom is -0.485 e. The molecule has 3 aromatic carbocycles. The van der Waals surface area contributed by atoms with Crippen molar-refractivity contribution < 1.29 is 14.3 Å². The Balaban J connectivity index is 1.48. The molecule has 8 nitrogen and oxygen atoms in total. The van der Waals surface area contributed by atoms with Crippen LogP contribution in [0.15, 0.2) is 72.8 Å². The highest BCUT2D eigenvalue weighted by Crippen LogP contribution is 2.41. The fraction of sp³-hybridized carbons (Fsp3) is 0.200. The number of aromatic nitrogens is 4. The normalized spacial score (nSPS) is 15.0. The number of rotatable bonds is 6. The Morgan fingerprint density at radius 3 is 2.68 bits per heavy atom. The molecule has 34 heavy (non-hydrogen) atoms. The summed E-state index contributed by atoms with van der Waals surface area (Å²) in [7, 11) is 0. The number of halogens is 1. The van der Waals surface area contributed by atoms with Gasteiger partial charge in [-0.1, -0.05) is 71.4 Å². The monoisotopic (exact) mass is 475 g/mol. The summed E-state index contributed by atoms with van der Waals surface area (Å²) < 4.78 is 11.7. The number of fused-ring (bicyclic) bond motifs is 1. The summed E-state index contributed by atoms with van der Waals surface area (Å²) in [6, 6.07) is 22.7. The topological polar surface area (TPSA) is 93.2 Å². The van der Waals surface area contributed by atoms with Crippen molar-refractivity contribution in [1.29, 1.82) is 0 Å². The third-order valence-corrected chi connectivity index (χ3v) is 5.97. The van der Waals surface area contributed by atoms with Gasteiger partial charge in [0.1, 0.15) is 12.4 Å². The van der Waals surface area contributed by atoms with Crippen LogP contribution in [0.5, 0.6) is 5.75 Å². The van der Waals surface area contributed by atoms with Crippen molar-refractivity contribution in [2.24, 2.45) is 0 Å². The zero-order valence-electron chi connectivity index (χ0n) is 18.2. The van der Waals surface area contributed by atoms with E-state index >= 15 is 0 Å². The molecule has 0 aliphatic carbocycles. The lowest BCUT2D eigenvalue weighted by atomic mass is 9.88. The number of aromatic amines is 1. The standard InChI is InChI=1S/C25H22ClN5O3/c26-19-10-11-22(33-16-23-27-29-30-28-23)21(14-19)24-20-9-5-4-8-18(20)12-13-31(24)25(32)34-15-17-6-2-1-3-7-17/h1-11,14,24H,12-13,15-16H2,(H,27,28,29,30). The van der Waals surface area contributed by atoms with Gasteiger partial charge >= 0.3 is 6.09 Å². The predicted octanol–water partition coefficient (Wildman–Crippen LogP) is 4.72. The van der Waals surface area contributed by atoms with Crippen molar-refractivity contribution in [2.45, 2.75) is 25.7 Å². The van der Waals surface area contributed by atoms with Crippen LogP contribution >= 0.6 is 11.6 Å². The molecular weight excluding hydrogens is 454 g/mol. The van der Waals surface area contributed by atoms with Gasteiger partial charge in [-0.05, 0) is 41.3 Å². The zero-order chi connectivity index (χ0) is 23.3. The van der Waals surface area contributed by atoms with Crippen molar-refractivity contribution in [3.63, 3.8) is 0 Å². The maximum Gasteiger partial charge on any atom is 0.410 e. The third-order valence-electron chi connectivity index (χ3n) is 5.74. The van der Waals surface area contributed by atoms with Gasteiger partial charge in [-0.25, -0.2) is 4.79 Å². The summed E-state index contributed by atoms with van der Waals surface area (Å²) in [6.45, 7) is 0.825. The summed E-state index contributed by atoms with van der Waals surface area (Å²) >= 11 is 6.40. The molecule has 0 bridgehead atoms. The van der Waals surface area contributed by atoms with Gasteiger partial charge < -0.3 is 9.47 Å². The number of carbonyl (C=O) groups excluding carboxylic acids is 1. The second-order valence-electron chi connectivity index (χ2n) is 7.88. The number of tetrazole rings is 1. The van der Waals surface area contributed by atoms with Crippen LogP contribution in [0, 0.1) is 0 Å². The van der Waals surface area contributed by atoms with Crippen molar-refractivity contribution in [2.75, 3.05) is 6.54 Å². The number of hydrogen-bond acceptors (Lipinski definition) is 6. The summed E-state index contributed by atoms with van der Waals surface area (Å²) in [5, 5.41) is 14.4. The van der Waals surface area contributed by atoms with Crippen LogP contribution in [0.25, 0.3) is 0 Å². The van der Waals surface area contributed by atoms with Crippen molar-refractivity contribution in [1.82, 2.24) is 25.5 Å². The Morgan fingerprint density at radius 2 is 1.85 bits per heavy atom. The van der Waals surface area contributed by atoms with E-state index in [1.54, 1.807) is 17.0 Å². The van der Waals surface area contributed by atoms with Gasteiger partial charge in [-0.2, -0.15) is 5.21 Å². The number of H-pyrrole nitrogens is 1. The highest BCUT2D eigenvalue weighted by molar-refractivity contribution is 6.30. The van der Waals surface area contributed by atoms with Gasteiger partial charge in [-0.3, -0.25) is 4.90 Å². The lowest BCUT2D eigenvalue weighted by molar-refractivity contribution is 0.0831. The molecule has 1 aromatic heterocycles. The van der Waals surface area contributed by atoms with Gasteiger partial charge in [0.2, 0.25) is 5.82 Å². The number of amides is 1. The maximum atomic E-state index is 13.3. The van der Waals surface area contributed by atoms with Gasteiger partial charge in [-0.15, -0.1) is 10.2 Å². The Hall–Kier alpha value is -3.91. The summed E-state index contributed by atoms with van der Waals surface area (Å²) in [6.07, 6.45) is 0.333. The number of nitrogens with zero attached hydrogens (tertiary/aromatic N) is 4. The first-order chi connectivity index (χ1) is 16.7. The molecule has 0 radical (unpaired) electrons. The minimum atomic E-state index is -0.424. The van der Waals surface area contributed by atoms with E-state index in [0.29, 0.717) is 23.1 Å². The van der Waals surface area contributed by atoms with E-state index in [9.17, 15) is 4.79 Å². The van der Waals surface area contributed by atoms with Gasteiger partial charge in [0.15, 0.2) is 6.61 Å². The second-order valence-corrected chi connectivity index (χ2v) is 8.32. The van der Waals surface area contributed by atoms with E-state index in [4.69, 9.17) is 21.1 Å². The lowest BCUT2D eigenvalue weighted by Crippen LogP contribution is -2.41. The first kappa shape index (κ1) is 21.9. The molecule has 9 heteroatoms. The highest BCUT2D eigenvalue weighted by Gasteiger charge is 2.35. The lowest BCUT2D eigenvalue weighted by Gasteiger charge is -2.37. The SMILES string of the molecule is O=C(OCc1ccccc1)N1CCc2ccccc2C1c1cc(Cl)ccc1OCc1nn[nH]n1. The van der Waals surface area contributed by atoms with Crippen LogP contribution in [-0.4, -0.2) is 38.2 Å². The number of benzene rings is 3. The van der Waals surface area contributed by atoms with Gasteiger partial charge in [0.05, 0.1) is 6.04 Å². The Bertz CT molecular complexity index is 1270. The number of carbonyl (C=O) groups is 1. The first-order valence-corrected chi connectivity index (χ1v) is 11.3. The van der Waals surface area contributed by atoms with Crippen LogP contribution in [0.2, 0.25) is 5.02 Å². The van der Waals surface area contributed by atoms with E-state index in [2.05, 4.69) is 26.7 Å². The van der Waals surface area contributed by atoms with E-state index in [1.165, 1.54) is 5.56 Å². The predicted molar refractivity (Wildman–Crippen MR) is 125 cm³/mol. The molecule has 1 unspecified atom stereocenters. The molecule has 1 amide bonds. The van der Waals surface area contributed by atoms with Crippen molar-refractivity contribution in [3.8, 4) is 5.75 Å². The number of nitrogens with one attached hydrogen (secondary N) is 1. The van der Waals surface area contributed by atoms with Gasteiger partial charge in [0, 0.05) is 17.1 Å². The third kappa shape index (κ3) is 4.72. The van der Waals surface area contributed by atoms with Crippen LogP contribution in [-0.2, 0) is 24.4 Å². The quantitative estimate of drug-likeness (QED) is 0.434. The molecule has 172 valence electrons. The fourth-order valence-electron chi connectivity index (χ4n) is 4.15. The molecule has 1 aliphatic heterocycles. The summed E-state index contributed by atoms with van der Waals surface area (Å²) in [4.78, 5) is 15.0. The van der Waals surface area contributed by atoms with Crippen LogP contribution in [0.1, 0.15) is 34.1 Å². The fourth-order valence-corrected chi connectivity index (χ4v) is 4.33. The molecule has 1 atom stereocenters. The summed E-state index contributed by atoms with van der Waals surface area (Å²) in [5.74, 6) is 1.00. The molecule has 0 fully saturated rings. The molecule has 0 saturated carbocycles. The average Bonchev–Trinajstić information content (AvgIpc) is 3.40. The molecule has 0 saturated heterocycles. The first-order valence-electron chi connectivity index (χ1n) is 10.9. The van der Waals surface area contributed by atoms with Gasteiger partial charge in [0.25, 0.3) is 0 Å². The molecule has 1 aliphatic rings. The van der Waals surface area contributed by atoms with Crippen LogP contribution in [0.3, 0.4) is 0 Å². The molecule has 1 N–H and O–H groups in total. The van der Waals surface area contributed by atoms with Crippen molar-refractivity contribution in [3.05, 3.63) is 106 Å².